The number of amides is 1. The summed E-state index contributed by atoms with van der Waals surface area (Å²) in [5.74, 6) is 0.577. The van der Waals surface area contributed by atoms with Crippen LogP contribution in [-0.4, -0.2) is 63.7 Å². The Hall–Kier alpha value is -1.70. The summed E-state index contributed by atoms with van der Waals surface area (Å²) in [5, 5.41) is 17.0. The van der Waals surface area contributed by atoms with Crippen molar-refractivity contribution in [3.05, 3.63) is 0 Å². The molecule has 0 aromatic carbocycles. The van der Waals surface area contributed by atoms with Crippen molar-refractivity contribution in [2.24, 2.45) is 7.05 Å². The average molecular weight is 225 g/mol. The molecule has 88 valence electrons. The second kappa shape index (κ2) is 4.88. The smallest absolute Gasteiger partial charge is 0.243 e. The van der Waals surface area contributed by atoms with Gasteiger partial charge in [0.15, 0.2) is 0 Å². The van der Waals surface area contributed by atoms with Crippen molar-refractivity contribution in [1.82, 2.24) is 30.4 Å². The number of rotatable bonds is 3. The summed E-state index contributed by atoms with van der Waals surface area (Å²) in [5.41, 5.74) is 0. The van der Waals surface area contributed by atoms with Crippen LogP contribution in [0.1, 0.15) is 0 Å². The van der Waals surface area contributed by atoms with E-state index >= 15 is 0 Å². The summed E-state index contributed by atoms with van der Waals surface area (Å²) in [6.07, 6.45) is 0. The summed E-state index contributed by atoms with van der Waals surface area (Å²) >= 11 is 0. The van der Waals surface area contributed by atoms with E-state index in [-0.39, 0.29) is 12.5 Å². The molecule has 1 amide bonds. The highest BCUT2D eigenvalue weighted by atomic mass is 16.2. The minimum Gasteiger partial charge on any atom is -0.344 e. The number of piperazine rings is 1. The van der Waals surface area contributed by atoms with Gasteiger partial charge in [-0.2, -0.15) is 0 Å². The first kappa shape index (κ1) is 10.8. The number of anilines is 1. The summed E-state index contributed by atoms with van der Waals surface area (Å²) in [6.45, 7) is 3.47. The third-order valence-corrected chi connectivity index (χ3v) is 2.49. The fourth-order valence-electron chi connectivity index (χ4n) is 1.56. The molecule has 2 rings (SSSR count). The van der Waals surface area contributed by atoms with Crippen molar-refractivity contribution in [2.75, 3.05) is 38.0 Å². The van der Waals surface area contributed by atoms with Gasteiger partial charge in [0.1, 0.15) is 0 Å². The van der Waals surface area contributed by atoms with Gasteiger partial charge in [0.25, 0.3) is 0 Å². The van der Waals surface area contributed by atoms with E-state index in [4.69, 9.17) is 0 Å². The number of hydrogen-bond donors (Lipinski definition) is 2. The zero-order valence-electron chi connectivity index (χ0n) is 9.18. The lowest BCUT2D eigenvalue weighted by Crippen LogP contribution is -2.48. The van der Waals surface area contributed by atoms with E-state index in [0.717, 1.165) is 26.2 Å². The zero-order chi connectivity index (χ0) is 11.4. The average Bonchev–Trinajstić information content (AvgIpc) is 2.73. The molecule has 0 saturated carbocycles. The topological polar surface area (TPSA) is 88.0 Å². The van der Waals surface area contributed by atoms with Crippen LogP contribution >= 0.6 is 0 Å². The van der Waals surface area contributed by atoms with Crippen molar-refractivity contribution in [3.8, 4) is 0 Å². The molecule has 2 heterocycles. The molecule has 8 nitrogen and oxygen atoms in total. The lowest BCUT2D eigenvalue weighted by Gasteiger charge is -2.27. The summed E-state index contributed by atoms with van der Waals surface area (Å²) in [6, 6.07) is 0. The fraction of sp³-hybridized carbons (Fsp3) is 0.750. The van der Waals surface area contributed by atoms with Gasteiger partial charge in [-0.15, -0.1) is 0 Å². The molecule has 8 heteroatoms. The number of nitrogens with one attached hydrogen (secondary N) is 2. The van der Waals surface area contributed by atoms with Gasteiger partial charge in [0.05, 0.1) is 6.54 Å². The molecule has 2 N–H and O–H groups in total. The molecule has 1 aromatic heterocycles. The molecule has 1 aliphatic rings. The van der Waals surface area contributed by atoms with Gasteiger partial charge in [-0.25, -0.2) is 4.68 Å². The van der Waals surface area contributed by atoms with Gasteiger partial charge in [0.2, 0.25) is 11.9 Å². The van der Waals surface area contributed by atoms with E-state index in [0.29, 0.717) is 5.95 Å². The Morgan fingerprint density at radius 3 is 2.88 bits per heavy atom. The predicted octanol–water partition coefficient (Wildman–Crippen LogP) is -1.95. The standard InChI is InChI=1S/C8H15N7O/c1-14-8(11-12-13-14)10-6-7(16)15-4-2-9-3-5-15/h9H,2-6H2,1H3,(H,10,11,13). The van der Waals surface area contributed by atoms with Crippen LogP contribution in [0.25, 0.3) is 0 Å². The highest BCUT2D eigenvalue weighted by molar-refractivity contribution is 5.80. The van der Waals surface area contributed by atoms with Crippen molar-refractivity contribution >= 4 is 11.9 Å². The molecule has 1 fully saturated rings. The highest BCUT2D eigenvalue weighted by Gasteiger charge is 2.16. The number of hydrogen-bond acceptors (Lipinski definition) is 6. The normalized spacial score (nSPS) is 16.2. The van der Waals surface area contributed by atoms with Crippen LogP contribution in [0.4, 0.5) is 5.95 Å². The van der Waals surface area contributed by atoms with Crippen LogP contribution < -0.4 is 10.6 Å². The van der Waals surface area contributed by atoms with Crippen molar-refractivity contribution in [3.63, 3.8) is 0 Å². The molecule has 0 atom stereocenters. The predicted molar refractivity (Wildman–Crippen MR) is 56.7 cm³/mol. The Labute approximate surface area is 93.0 Å². The molecule has 0 radical (unpaired) electrons. The van der Waals surface area contributed by atoms with E-state index in [9.17, 15) is 4.79 Å². The second-order valence-corrected chi connectivity index (χ2v) is 3.61. The quantitative estimate of drug-likeness (QED) is 0.622. The first-order chi connectivity index (χ1) is 7.77. The van der Waals surface area contributed by atoms with Gasteiger partial charge in [-0.05, 0) is 10.4 Å². The molecule has 0 unspecified atom stereocenters. The van der Waals surface area contributed by atoms with E-state index in [1.54, 1.807) is 7.05 Å². The van der Waals surface area contributed by atoms with Crippen LogP contribution in [-0.2, 0) is 11.8 Å². The monoisotopic (exact) mass is 225 g/mol. The third-order valence-electron chi connectivity index (χ3n) is 2.49. The molecule has 16 heavy (non-hydrogen) atoms. The Kier molecular flexibility index (Phi) is 3.30. The largest absolute Gasteiger partial charge is 0.344 e. The minimum atomic E-state index is 0.0736. The number of carbonyl (C=O) groups is 1. The van der Waals surface area contributed by atoms with Crippen LogP contribution in [0.3, 0.4) is 0 Å². The first-order valence-corrected chi connectivity index (χ1v) is 5.22. The van der Waals surface area contributed by atoms with Gasteiger partial charge in [0, 0.05) is 33.2 Å². The van der Waals surface area contributed by atoms with Gasteiger partial charge >= 0.3 is 0 Å². The number of aryl methyl sites for hydroxylation is 1. The summed E-state index contributed by atoms with van der Waals surface area (Å²) in [7, 11) is 1.72. The minimum absolute atomic E-state index is 0.0736. The van der Waals surface area contributed by atoms with Crippen LogP contribution in [0.15, 0.2) is 0 Å². The van der Waals surface area contributed by atoms with E-state index in [2.05, 4.69) is 26.2 Å². The SMILES string of the molecule is Cn1nnnc1NCC(=O)N1CCNCC1. The van der Waals surface area contributed by atoms with E-state index in [1.807, 2.05) is 4.90 Å². The molecule has 1 aromatic rings. The Morgan fingerprint density at radius 1 is 1.50 bits per heavy atom. The van der Waals surface area contributed by atoms with E-state index < -0.39 is 0 Å². The molecule has 0 bridgehead atoms. The van der Waals surface area contributed by atoms with Gasteiger partial charge < -0.3 is 15.5 Å². The van der Waals surface area contributed by atoms with Crippen LogP contribution in [0.5, 0.6) is 0 Å². The molecule has 1 saturated heterocycles. The molecule has 0 aliphatic carbocycles. The lowest BCUT2D eigenvalue weighted by atomic mass is 10.3. The maximum atomic E-state index is 11.8. The van der Waals surface area contributed by atoms with Crippen molar-refractivity contribution in [1.29, 1.82) is 0 Å². The Balaban J connectivity index is 1.81. The number of nitrogens with zero attached hydrogens (tertiary/aromatic N) is 5. The maximum absolute atomic E-state index is 11.8. The van der Waals surface area contributed by atoms with Crippen molar-refractivity contribution in [2.45, 2.75) is 0 Å². The van der Waals surface area contributed by atoms with E-state index in [1.165, 1.54) is 4.68 Å². The highest BCUT2D eigenvalue weighted by Crippen LogP contribution is 1.97. The molecular weight excluding hydrogens is 210 g/mol. The van der Waals surface area contributed by atoms with Crippen LogP contribution in [0, 0.1) is 0 Å². The zero-order valence-corrected chi connectivity index (χ0v) is 9.18. The second-order valence-electron chi connectivity index (χ2n) is 3.61. The third kappa shape index (κ3) is 2.45. The van der Waals surface area contributed by atoms with Gasteiger partial charge in [-0.3, -0.25) is 4.79 Å². The summed E-state index contributed by atoms with van der Waals surface area (Å²) in [4.78, 5) is 13.6. The Bertz CT molecular complexity index is 357. The molecule has 0 spiro atoms. The maximum Gasteiger partial charge on any atom is 0.243 e. The van der Waals surface area contributed by atoms with Crippen molar-refractivity contribution < 1.29 is 4.79 Å². The summed E-state index contributed by atoms with van der Waals surface area (Å²) < 4.78 is 1.49. The fourth-order valence-corrected chi connectivity index (χ4v) is 1.56. The number of tetrazole rings is 1. The number of carbonyl (C=O) groups excluding carboxylic acids is 1. The Morgan fingerprint density at radius 2 is 2.25 bits per heavy atom. The van der Waals surface area contributed by atoms with Gasteiger partial charge in [-0.1, -0.05) is 5.10 Å². The van der Waals surface area contributed by atoms with Crippen LogP contribution in [0.2, 0.25) is 0 Å². The number of aromatic nitrogens is 4. The molecule has 1 aliphatic heterocycles. The lowest BCUT2D eigenvalue weighted by molar-refractivity contribution is -0.129. The molecular formula is C8H15N7O. The first-order valence-electron chi connectivity index (χ1n) is 5.22.